The maximum atomic E-state index is 12.7. The van der Waals surface area contributed by atoms with Crippen molar-refractivity contribution in [2.24, 2.45) is 0 Å². The van der Waals surface area contributed by atoms with Gasteiger partial charge in [-0.2, -0.15) is 4.31 Å². The molecule has 1 fully saturated rings. The molecule has 112 valence electrons. The zero-order chi connectivity index (χ0) is 14.6. The van der Waals surface area contributed by atoms with Crippen LogP contribution in [0.1, 0.15) is 37.7 Å². The topological polar surface area (TPSA) is 49.4 Å². The molecule has 1 aliphatic rings. The Kier molecular flexibility index (Phi) is 5.18. The van der Waals surface area contributed by atoms with Crippen molar-refractivity contribution >= 4 is 10.0 Å². The van der Waals surface area contributed by atoms with Gasteiger partial charge >= 0.3 is 0 Å². The molecule has 0 aromatic heterocycles. The van der Waals surface area contributed by atoms with E-state index in [0.29, 0.717) is 11.4 Å². The van der Waals surface area contributed by atoms with Crippen molar-refractivity contribution in [2.45, 2.75) is 49.6 Å². The van der Waals surface area contributed by atoms with Crippen molar-refractivity contribution in [2.75, 3.05) is 14.1 Å². The fraction of sp³-hybridized carbons (Fsp3) is 0.600. The van der Waals surface area contributed by atoms with Gasteiger partial charge in [-0.1, -0.05) is 31.4 Å². The molecule has 1 N–H and O–H groups in total. The van der Waals surface area contributed by atoms with Crippen LogP contribution in [-0.2, 0) is 16.6 Å². The number of nitrogens with zero attached hydrogens (tertiary/aromatic N) is 1. The Labute approximate surface area is 122 Å². The maximum absolute atomic E-state index is 12.7. The Balaban J connectivity index is 2.22. The standard InChI is InChI=1S/C15H24N2O2S/c1-16-12-13-7-6-10-15(11-13)20(18,19)17(2)14-8-4-3-5-9-14/h6-7,10-11,14,16H,3-5,8-9,12H2,1-2H3. The summed E-state index contributed by atoms with van der Waals surface area (Å²) in [5.41, 5.74) is 0.991. The molecule has 0 aliphatic heterocycles. The van der Waals surface area contributed by atoms with E-state index in [-0.39, 0.29) is 6.04 Å². The summed E-state index contributed by atoms with van der Waals surface area (Å²) in [6.07, 6.45) is 5.44. The first-order valence-corrected chi connectivity index (χ1v) is 8.71. The lowest BCUT2D eigenvalue weighted by molar-refractivity contribution is 0.286. The first-order valence-electron chi connectivity index (χ1n) is 7.27. The van der Waals surface area contributed by atoms with E-state index in [0.717, 1.165) is 31.2 Å². The van der Waals surface area contributed by atoms with Crippen LogP contribution < -0.4 is 5.32 Å². The third-order valence-corrected chi connectivity index (χ3v) is 5.95. The molecule has 1 aromatic carbocycles. The molecule has 0 bridgehead atoms. The lowest BCUT2D eigenvalue weighted by Gasteiger charge is -2.30. The molecule has 0 amide bonds. The minimum absolute atomic E-state index is 0.154. The summed E-state index contributed by atoms with van der Waals surface area (Å²) in [6, 6.07) is 7.37. The highest BCUT2D eigenvalue weighted by Gasteiger charge is 2.28. The minimum Gasteiger partial charge on any atom is -0.316 e. The number of hydrogen-bond donors (Lipinski definition) is 1. The average molecular weight is 296 g/mol. The van der Waals surface area contributed by atoms with E-state index in [4.69, 9.17) is 0 Å². The average Bonchev–Trinajstić information content (AvgIpc) is 2.48. The van der Waals surface area contributed by atoms with Crippen molar-refractivity contribution in [3.63, 3.8) is 0 Å². The first kappa shape index (κ1) is 15.5. The molecule has 0 atom stereocenters. The second kappa shape index (κ2) is 6.70. The zero-order valence-corrected chi connectivity index (χ0v) is 13.1. The molecule has 5 heteroatoms. The fourth-order valence-corrected chi connectivity index (χ4v) is 4.31. The van der Waals surface area contributed by atoms with Crippen molar-refractivity contribution in [1.29, 1.82) is 0 Å². The second-order valence-electron chi connectivity index (χ2n) is 5.49. The van der Waals surface area contributed by atoms with Crippen LogP contribution >= 0.6 is 0 Å². The number of hydrogen-bond acceptors (Lipinski definition) is 3. The molecule has 20 heavy (non-hydrogen) atoms. The van der Waals surface area contributed by atoms with Crippen LogP contribution in [-0.4, -0.2) is 32.9 Å². The normalized spacial score (nSPS) is 17.6. The van der Waals surface area contributed by atoms with Crippen LogP contribution in [0.5, 0.6) is 0 Å². The molecule has 0 heterocycles. The van der Waals surface area contributed by atoms with E-state index in [2.05, 4.69) is 5.32 Å². The summed E-state index contributed by atoms with van der Waals surface area (Å²) in [4.78, 5) is 0.401. The van der Waals surface area contributed by atoms with Crippen molar-refractivity contribution < 1.29 is 8.42 Å². The van der Waals surface area contributed by atoms with E-state index >= 15 is 0 Å². The number of rotatable bonds is 5. The molecule has 0 radical (unpaired) electrons. The lowest BCUT2D eigenvalue weighted by atomic mass is 9.96. The molecular formula is C15H24N2O2S. The second-order valence-corrected chi connectivity index (χ2v) is 7.49. The van der Waals surface area contributed by atoms with Crippen molar-refractivity contribution in [1.82, 2.24) is 9.62 Å². The summed E-state index contributed by atoms with van der Waals surface area (Å²) >= 11 is 0. The highest BCUT2D eigenvalue weighted by atomic mass is 32.2. The Morgan fingerprint density at radius 2 is 1.95 bits per heavy atom. The molecule has 0 unspecified atom stereocenters. The predicted octanol–water partition coefficient (Wildman–Crippen LogP) is 2.36. The van der Waals surface area contributed by atoms with Crippen LogP contribution in [0.25, 0.3) is 0 Å². The van der Waals surface area contributed by atoms with E-state index in [1.54, 1.807) is 23.5 Å². The Hall–Kier alpha value is -0.910. The Morgan fingerprint density at radius 3 is 2.60 bits per heavy atom. The van der Waals surface area contributed by atoms with Gasteiger partial charge in [-0.3, -0.25) is 0 Å². The molecule has 1 aliphatic carbocycles. The van der Waals surface area contributed by atoms with Gasteiger partial charge in [-0.25, -0.2) is 8.42 Å². The molecule has 0 spiro atoms. The van der Waals surface area contributed by atoms with E-state index < -0.39 is 10.0 Å². The van der Waals surface area contributed by atoms with Gasteiger partial charge in [0, 0.05) is 19.6 Å². The van der Waals surface area contributed by atoms with Gasteiger partial charge in [-0.15, -0.1) is 0 Å². The van der Waals surface area contributed by atoms with E-state index in [9.17, 15) is 8.42 Å². The van der Waals surface area contributed by atoms with Crippen LogP contribution in [0, 0.1) is 0 Å². The third-order valence-electron chi connectivity index (χ3n) is 4.05. The van der Waals surface area contributed by atoms with Crippen LogP contribution in [0.3, 0.4) is 0 Å². The SMILES string of the molecule is CNCc1cccc(S(=O)(=O)N(C)C2CCCCC2)c1. The first-order chi connectivity index (χ1) is 9.55. The minimum atomic E-state index is -3.37. The van der Waals surface area contributed by atoms with Crippen molar-refractivity contribution in [3.8, 4) is 0 Å². The molecule has 4 nitrogen and oxygen atoms in total. The van der Waals surface area contributed by atoms with Gasteiger partial charge in [-0.05, 0) is 37.6 Å². The zero-order valence-electron chi connectivity index (χ0n) is 12.3. The summed E-state index contributed by atoms with van der Waals surface area (Å²) in [5, 5.41) is 3.05. The summed E-state index contributed by atoms with van der Waals surface area (Å²) in [5.74, 6) is 0. The van der Waals surface area contributed by atoms with Gasteiger partial charge in [0.1, 0.15) is 0 Å². The Bertz CT molecular complexity index is 537. The van der Waals surface area contributed by atoms with Crippen LogP contribution in [0.15, 0.2) is 29.2 Å². The monoisotopic (exact) mass is 296 g/mol. The summed E-state index contributed by atoms with van der Waals surface area (Å²) in [6.45, 7) is 0.677. The molecular weight excluding hydrogens is 272 g/mol. The van der Waals surface area contributed by atoms with Crippen LogP contribution in [0.2, 0.25) is 0 Å². The molecule has 0 saturated heterocycles. The van der Waals surface area contributed by atoms with E-state index in [1.807, 2.05) is 19.2 Å². The number of sulfonamides is 1. The number of benzene rings is 1. The maximum Gasteiger partial charge on any atom is 0.243 e. The largest absolute Gasteiger partial charge is 0.316 e. The van der Waals surface area contributed by atoms with Crippen molar-refractivity contribution in [3.05, 3.63) is 29.8 Å². The van der Waals surface area contributed by atoms with Gasteiger partial charge < -0.3 is 5.32 Å². The predicted molar refractivity (Wildman–Crippen MR) is 81.0 cm³/mol. The van der Waals surface area contributed by atoms with Gasteiger partial charge in [0.15, 0.2) is 0 Å². The summed E-state index contributed by atoms with van der Waals surface area (Å²) < 4.78 is 27.0. The van der Waals surface area contributed by atoms with Gasteiger partial charge in [0.05, 0.1) is 4.90 Å². The molecule has 1 aromatic rings. The van der Waals surface area contributed by atoms with Gasteiger partial charge in [0.2, 0.25) is 10.0 Å². The smallest absolute Gasteiger partial charge is 0.243 e. The quantitative estimate of drug-likeness (QED) is 0.907. The third kappa shape index (κ3) is 3.40. The lowest BCUT2D eigenvalue weighted by Crippen LogP contribution is -2.38. The van der Waals surface area contributed by atoms with Gasteiger partial charge in [0.25, 0.3) is 0 Å². The fourth-order valence-electron chi connectivity index (χ4n) is 2.83. The molecule has 1 saturated carbocycles. The highest BCUT2D eigenvalue weighted by Crippen LogP contribution is 2.26. The Morgan fingerprint density at radius 1 is 1.25 bits per heavy atom. The summed E-state index contributed by atoms with van der Waals surface area (Å²) in [7, 11) is 0.201. The number of nitrogens with one attached hydrogen (secondary N) is 1. The van der Waals surface area contributed by atoms with Crippen LogP contribution in [0.4, 0.5) is 0 Å². The highest BCUT2D eigenvalue weighted by molar-refractivity contribution is 7.89. The molecule has 2 rings (SSSR count). The van der Waals surface area contributed by atoms with E-state index in [1.165, 1.54) is 6.42 Å².